The summed E-state index contributed by atoms with van der Waals surface area (Å²) in [6.07, 6.45) is 6.05. The highest BCUT2D eigenvalue weighted by Crippen LogP contribution is 2.18. The normalized spacial score (nSPS) is 14.5. The van der Waals surface area contributed by atoms with Crippen molar-refractivity contribution in [1.29, 1.82) is 0 Å². The molecule has 0 aliphatic carbocycles. The summed E-state index contributed by atoms with van der Waals surface area (Å²) in [7, 11) is 1.75. The van der Waals surface area contributed by atoms with Crippen molar-refractivity contribution < 1.29 is 9.53 Å². The number of piperidine rings is 1. The number of carbonyl (C=O) groups excluding carboxylic acids is 1. The molecule has 2 heterocycles. The number of ether oxygens (including phenoxy) is 1. The van der Waals surface area contributed by atoms with Crippen LogP contribution < -0.4 is 20.9 Å². The maximum Gasteiger partial charge on any atom is 0.407 e. The maximum atomic E-state index is 11.6. The van der Waals surface area contributed by atoms with Gasteiger partial charge in [-0.3, -0.25) is 4.99 Å². The van der Waals surface area contributed by atoms with Crippen molar-refractivity contribution in [2.45, 2.75) is 58.6 Å². The topological polar surface area (TPSA) is 90.9 Å². The molecule has 1 aromatic heterocycles. The van der Waals surface area contributed by atoms with Gasteiger partial charge < -0.3 is 25.6 Å². The minimum Gasteiger partial charge on any atom is -0.444 e. The summed E-state index contributed by atoms with van der Waals surface area (Å²) in [4.78, 5) is 22.8. The molecular weight excluding hydrogens is 495 g/mol. The molecule has 1 saturated heterocycles. The molecule has 0 saturated carbocycles. The van der Waals surface area contributed by atoms with Crippen LogP contribution in [-0.2, 0) is 11.3 Å². The first-order chi connectivity index (χ1) is 13.9. The van der Waals surface area contributed by atoms with Gasteiger partial charge in [0.15, 0.2) is 5.96 Å². The van der Waals surface area contributed by atoms with Crippen molar-refractivity contribution in [2.75, 3.05) is 38.1 Å². The van der Waals surface area contributed by atoms with E-state index in [2.05, 4.69) is 36.9 Å². The van der Waals surface area contributed by atoms with Gasteiger partial charge in [0.1, 0.15) is 11.4 Å². The lowest BCUT2D eigenvalue weighted by atomic mass is 10.1. The molecule has 1 aromatic rings. The molecule has 3 N–H and O–H groups in total. The van der Waals surface area contributed by atoms with Gasteiger partial charge in [0.2, 0.25) is 0 Å². The van der Waals surface area contributed by atoms with E-state index in [1.54, 1.807) is 7.05 Å². The molecule has 1 amide bonds. The van der Waals surface area contributed by atoms with Crippen LogP contribution >= 0.6 is 24.0 Å². The van der Waals surface area contributed by atoms with E-state index in [1.165, 1.54) is 24.8 Å². The highest BCUT2D eigenvalue weighted by atomic mass is 127. The number of aliphatic imine (C=N–C) groups is 1. The zero-order chi connectivity index (χ0) is 21.1. The van der Waals surface area contributed by atoms with Crippen molar-refractivity contribution in [1.82, 2.24) is 20.9 Å². The molecule has 0 unspecified atom stereocenters. The average Bonchev–Trinajstić information content (AvgIpc) is 2.69. The molecule has 0 aromatic carbocycles. The fourth-order valence-electron chi connectivity index (χ4n) is 3.07. The number of nitrogens with zero attached hydrogens (tertiary/aromatic N) is 3. The van der Waals surface area contributed by atoms with Crippen LogP contribution in [0.1, 0.15) is 52.0 Å². The second-order valence-corrected chi connectivity index (χ2v) is 8.20. The number of aromatic nitrogens is 1. The zero-order valence-corrected chi connectivity index (χ0v) is 21.0. The van der Waals surface area contributed by atoms with Crippen molar-refractivity contribution >= 4 is 41.8 Å². The van der Waals surface area contributed by atoms with Gasteiger partial charge in [-0.1, -0.05) is 0 Å². The summed E-state index contributed by atoms with van der Waals surface area (Å²) < 4.78 is 5.21. The smallest absolute Gasteiger partial charge is 0.407 e. The largest absolute Gasteiger partial charge is 0.444 e. The molecule has 9 heteroatoms. The Bertz CT molecular complexity index is 672. The van der Waals surface area contributed by atoms with E-state index in [0.717, 1.165) is 31.3 Å². The lowest BCUT2D eigenvalue weighted by molar-refractivity contribution is 0.0527. The predicted octanol–water partition coefficient (Wildman–Crippen LogP) is 3.27. The van der Waals surface area contributed by atoms with E-state index in [4.69, 9.17) is 4.74 Å². The monoisotopic (exact) mass is 532 g/mol. The fourth-order valence-corrected chi connectivity index (χ4v) is 3.07. The summed E-state index contributed by atoms with van der Waals surface area (Å²) >= 11 is 0. The van der Waals surface area contributed by atoms with E-state index >= 15 is 0 Å². The molecule has 0 bridgehead atoms. The van der Waals surface area contributed by atoms with Crippen molar-refractivity contribution in [3.8, 4) is 0 Å². The summed E-state index contributed by atoms with van der Waals surface area (Å²) in [5.41, 5.74) is 0.699. The third-order valence-corrected chi connectivity index (χ3v) is 4.49. The van der Waals surface area contributed by atoms with Crippen LogP contribution in [0.15, 0.2) is 23.3 Å². The molecule has 1 aliphatic heterocycles. The van der Waals surface area contributed by atoms with Crippen molar-refractivity contribution in [3.05, 3.63) is 23.9 Å². The molecule has 0 spiro atoms. The van der Waals surface area contributed by atoms with Gasteiger partial charge in [-0.25, -0.2) is 9.78 Å². The molecule has 8 nitrogen and oxygen atoms in total. The summed E-state index contributed by atoms with van der Waals surface area (Å²) in [6.45, 7) is 9.65. The number of carbonyl (C=O) groups is 1. The van der Waals surface area contributed by atoms with Gasteiger partial charge in [-0.15, -0.1) is 24.0 Å². The van der Waals surface area contributed by atoms with Crippen LogP contribution in [0.2, 0.25) is 0 Å². The minimum atomic E-state index is -0.477. The third kappa shape index (κ3) is 10.3. The summed E-state index contributed by atoms with van der Waals surface area (Å²) in [6, 6.07) is 4.18. The second-order valence-electron chi connectivity index (χ2n) is 8.20. The number of rotatable bonds is 7. The van der Waals surface area contributed by atoms with Crippen LogP contribution in [0, 0.1) is 0 Å². The molecule has 1 fully saturated rings. The van der Waals surface area contributed by atoms with Gasteiger partial charge in [0.05, 0.1) is 0 Å². The minimum absolute atomic E-state index is 0. The molecule has 2 rings (SSSR count). The van der Waals surface area contributed by atoms with Gasteiger partial charge in [0.25, 0.3) is 0 Å². The Balaban J connectivity index is 0.00000450. The Morgan fingerprint density at radius 1 is 1.17 bits per heavy atom. The van der Waals surface area contributed by atoms with Crippen LogP contribution in [-0.4, -0.2) is 55.9 Å². The molecule has 0 radical (unpaired) electrons. The molecule has 0 atom stereocenters. The van der Waals surface area contributed by atoms with Crippen LogP contribution in [0.25, 0.3) is 0 Å². The zero-order valence-electron chi connectivity index (χ0n) is 18.7. The number of amides is 1. The SMILES string of the molecule is CN=C(NCCCNC(=O)OC(C)(C)C)NCc1ccnc(N2CCCCC2)c1.I. The standard InChI is InChI=1S/C21H36N6O2.HI/c1-21(2,3)29-20(28)25-11-8-10-24-19(22-4)26-16-17-9-12-23-18(15-17)27-13-6-5-7-14-27;/h9,12,15H,5-8,10-11,13-14,16H2,1-4H3,(H,25,28)(H2,22,24,26);1H. The quantitative estimate of drug-likeness (QED) is 0.216. The van der Waals surface area contributed by atoms with E-state index in [1.807, 2.05) is 33.0 Å². The Hall–Kier alpha value is -1.78. The van der Waals surface area contributed by atoms with Crippen LogP contribution in [0.3, 0.4) is 0 Å². The number of hydrogen-bond acceptors (Lipinski definition) is 5. The van der Waals surface area contributed by atoms with Crippen molar-refractivity contribution in [2.24, 2.45) is 4.99 Å². The Kier molecular flexibility index (Phi) is 11.8. The number of guanidine groups is 1. The maximum absolute atomic E-state index is 11.6. The van der Waals surface area contributed by atoms with Gasteiger partial charge in [0, 0.05) is 46.0 Å². The number of hydrogen-bond donors (Lipinski definition) is 3. The highest BCUT2D eigenvalue weighted by molar-refractivity contribution is 14.0. The second kappa shape index (κ2) is 13.5. The number of pyridine rings is 1. The first-order valence-corrected chi connectivity index (χ1v) is 10.5. The number of nitrogens with one attached hydrogen (secondary N) is 3. The van der Waals surface area contributed by atoms with Crippen LogP contribution in [0.4, 0.5) is 10.6 Å². The fraction of sp³-hybridized carbons (Fsp3) is 0.667. The summed E-state index contributed by atoms with van der Waals surface area (Å²) in [5, 5.41) is 9.34. The Morgan fingerprint density at radius 3 is 2.53 bits per heavy atom. The molecule has 30 heavy (non-hydrogen) atoms. The van der Waals surface area contributed by atoms with Gasteiger partial charge >= 0.3 is 6.09 Å². The first-order valence-electron chi connectivity index (χ1n) is 10.5. The van der Waals surface area contributed by atoms with E-state index in [-0.39, 0.29) is 30.1 Å². The number of alkyl carbamates (subject to hydrolysis) is 1. The first kappa shape index (κ1) is 26.3. The lowest BCUT2D eigenvalue weighted by Crippen LogP contribution is -2.39. The highest BCUT2D eigenvalue weighted by Gasteiger charge is 2.15. The Labute approximate surface area is 197 Å². The molecule has 170 valence electrons. The van der Waals surface area contributed by atoms with E-state index in [9.17, 15) is 4.79 Å². The number of halogens is 1. The molecular formula is C21H37IN6O2. The van der Waals surface area contributed by atoms with Gasteiger partial charge in [-0.2, -0.15) is 0 Å². The average molecular weight is 532 g/mol. The summed E-state index contributed by atoms with van der Waals surface area (Å²) in [5.74, 6) is 1.79. The van der Waals surface area contributed by atoms with E-state index < -0.39 is 5.60 Å². The van der Waals surface area contributed by atoms with Gasteiger partial charge in [-0.05, 0) is 64.2 Å². The number of anilines is 1. The molecule has 1 aliphatic rings. The van der Waals surface area contributed by atoms with Crippen LogP contribution in [0.5, 0.6) is 0 Å². The predicted molar refractivity (Wildman–Crippen MR) is 133 cm³/mol. The lowest BCUT2D eigenvalue weighted by Gasteiger charge is -2.28. The Morgan fingerprint density at radius 2 is 1.87 bits per heavy atom. The van der Waals surface area contributed by atoms with Crippen molar-refractivity contribution in [3.63, 3.8) is 0 Å². The van der Waals surface area contributed by atoms with E-state index in [0.29, 0.717) is 19.6 Å². The third-order valence-electron chi connectivity index (χ3n) is 4.49.